The first-order chi connectivity index (χ1) is 13.5. The van der Waals surface area contributed by atoms with Crippen molar-refractivity contribution in [3.05, 3.63) is 34.9 Å². The summed E-state index contributed by atoms with van der Waals surface area (Å²) in [6.45, 7) is 11.8. The van der Waals surface area contributed by atoms with Gasteiger partial charge in [0.2, 0.25) is 5.91 Å². The number of benzene rings is 1. The van der Waals surface area contributed by atoms with Crippen molar-refractivity contribution in [3.8, 4) is 0 Å². The lowest BCUT2D eigenvalue weighted by Crippen LogP contribution is -2.48. The Kier molecular flexibility index (Phi) is 8.19. The SMILES string of the molecule is CCN1CCN(C(=O)CCC2CCN([C@@H](C)Cc3ccc(Cl)cc3)CC2)CC1. The standard InChI is InChI=1S/C23H36ClN3O/c1-3-25-14-16-27(17-15-25)23(28)9-6-20-10-12-26(13-11-20)19(2)18-21-4-7-22(24)8-5-21/h4-5,7-8,19-20H,3,6,9-18H2,1-2H3/t19-/m0/s1. The normalized spacial score (nSPS) is 21.0. The van der Waals surface area contributed by atoms with Gasteiger partial charge in [0.15, 0.2) is 0 Å². The number of rotatable bonds is 7. The van der Waals surface area contributed by atoms with Gasteiger partial charge in [-0.1, -0.05) is 30.7 Å². The topological polar surface area (TPSA) is 26.8 Å². The second kappa shape index (κ2) is 10.6. The predicted octanol–water partition coefficient (Wildman–Crippen LogP) is 3.93. The smallest absolute Gasteiger partial charge is 0.222 e. The summed E-state index contributed by atoms with van der Waals surface area (Å²) in [6, 6.07) is 8.79. The van der Waals surface area contributed by atoms with E-state index >= 15 is 0 Å². The monoisotopic (exact) mass is 405 g/mol. The summed E-state index contributed by atoms with van der Waals surface area (Å²) in [5.74, 6) is 1.08. The first kappa shape index (κ1) is 21.6. The van der Waals surface area contributed by atoms with Gasteiger partial charge >= 0.3 is 0 Å². The average molecular weight is 406 g/mol. The molecule has 2 aliphatic heterocycles. The Morgan fingerprint density at radius 1 is 1.07 bits per heavy atom. The number of hydrogen-bond acceptors (Lipinski definition) is 3. The van der Waals surface area contributed by atoms with Gasteiger partial charge in [-0.2, -0.15) is 0 Å². The molecule has 1 aromatic carbocycles. The molecule has 0 aromatic heterocycles. The fourth-order valence-corrected chi connectivity index (χ4v) is 4.70. The maximum absolute atomic E-state index is 12.5. The number of hydrogen-bond donors (Lipinski definition) is 0. The van der Waals surface area contributed by atoms with Gasteiger partial charge in [-0.3, -0.25) is 4.79 Å². The lowest BCUT2D eigenvalue weighted by Gasteiger charge is -2.37. The predicted molar refractivity (Wildman–Crippen MR) is 117 cm³/mol. The zero-order valence-corrected chi connectivity index (χ0v) is 18.3. The van der Waals surface area contributed by atoms with Crippen molar-refractivity contribution in [2.45, 2.75) is 52.0 Å². The molecule has 0 unspecified atom stereocenters. The van der Waals surface area contributed by atoms with Gasteiger partial charge in [0.25, 0.3) is 0 Å². The van der Waals surface area contributed by atoms with Crippen molar-refractivity contribution < 1.29 is 4.79 Å². The van der Waals surface area contributed by atoms with Crippen LogP contribution < -0.4 is 0 Å². The van der Waals surface area contributed by atoms with Gasteiger partial charge in [0.1, 0.15) is 0 Å². The van der Waals surface area contributed by atoms with E-state index in [1.165, 1.54) is 18.4 Å². The van der Waals surface area contributed by atoms with E-state index in [2.05, 4.69) is 40.7 Å². The average Bonchev–Trinajstić information content (AvgIpc) is 2.74. The van der Waals surface area contributed by atoms with Crippen LogP contribution in [0.15, 0.2) is 24.3 Å². The van der Waals surface area contributed by atoms with Crippen molar-refractivity contribution in [3.63, 3.8) is 0 Å². The second-order valence-electron chi connectivity index (χ2n) is 8.51. The van der Waals surface area contributed by atoms with E-state index in [9.17, 15) is 4.79 Å². The van der Waals surface area contributed by atoms with E-state index in [4.69, 9.17) is 11.6 Å². The summed E-state index contributed by atoms with van der Waals surface area (Å²) in [6.07, 6.45) is 5.32. The zero-order valence-electron chi connectivity index (χ0n) is 17.6. The summed E-state index contributed by atoms with van der Waals surface area (Å²) < 4.78 is 0. The van der Waals surface area contributed by atoms with Gasteiger partial charge in [-0.25, -0.2) is 0 Å². The molecule has 0 aliphatic carbocycles. The molecule has 3 rings (SSSR count). The summed E-state index contributed by atoms with van der Waals surface area (Å²) in [5, 5.41) is 0.805. The number of nitrogens with zero attached hydrogens (tertiary/aromatic N) is 3. The summed E-state index contributed by atoms with van der Waals surface area (Å²) in [5.41, 5.74) is 1.35. The van der Waals surface area contributed by atoms with E-state index in [1.54, 1.807) is 0 Å². The van der Waals surface area contributed by atoms with Crippen LogP contribution in [0.4, 0.5) is 0 Å². The number of carbonyl (C=O) groups is 1. The Labute approximate surface area is 175 Å². The molecule has 0 spiro atoms. The molecule has 0 radical (unpaired) electrons. The quantitative estimate of drug-likeness (QED) is 0.687. The Morgan fingerprint density at radius 2 is 1.71 bits per heavy atom. The maximum atomic E-state index is 12.5. The van der Waals surface area contributed by atoms with Crippen LogP contribution in [0, 0.1) is 5.92 Å². The molecule has 0 saturated carbocycles. The van der Waals surface area contributed by atoms with Crippen molar-refractivity contribution in [1.29, 1.82) is 0 Å². The summed E-state index contributed by atoms with van der Waals surface area (Å²) in [4.78, 5) is 19.6. The molecule has 2 saturated heterocycles. The molecule has 2 aliphatic rings. The van der Waals surface area contributed by atoms with Gasteiger partial charge in [-0.15, -0.1) is 0 Å². The van der Waals surface area contributed by atoms with E-state index in [1.807, 2.05) is 12.1 Å². The summed E-state index contributed by atoms with van der Waals surface area (Å²) >= 11 is 5.99. The number of likely N-dealkylation sites (N-methyl/N-ethyl adjacent to an activating group) is 1. The van der Waals surface area contributed by atoms with E-state index in [-0.39, 0.29) is 0 Å². The van der Waals surface area contributed by atoms with Crippen LogP contribution in [-0.4, -0.2) is 72.5 Å². The molecule has 4 nitrogen and oxygen atoms in total. The first-order valence-corrected chi connectivity index (χ1v) is 11.4. The lowest BCUT2D eigenvalue weighted by molar-refractivity contribution is -0.133. The van der Waals surface area contributed by atoms with E-state index in [0.29, 0.717) is 17.9 Å². The highest BCUT2D eigenvalue weighted by molar-refractivity contribution is 6.30. The van der Waals surface area contributed by atoms with Crippen LogP contribution in [0.2, 0.25) is 5.02 Å². The fraction of sp³-hybridized carbons (Fsp3) is 0.696. The molecular formula is C23H36ClN3O. The van der Waals surface area contributed by atoms with Gasteiger partial charge in [0.05, 0.1) is 0 Å². The van der Waals surface area contributed by atoms with E-state index in [0.717, 1.165) is 70.1 Å². The third-order valence-electron chi connectivity index (χ3n) is 6.66. The van der Waals surface area contributed by atoms with E-state index < -0.39 is 0 Å². The molecule has 1 amide bonds. The number of likely N-dealkylation sites (tertiary alicyclic amines) is 1. The van der Waals surface area contributed by atoms with Crippen LogP contribution in [0.1, 0.15) is 45.1 Å². The number of carbonyl (C=O) groups excluding carboxylic acids is 1. The molecule has 156 valence electrons. The lowest BCUT2D eigenvalue weighted by atomic mass is 9.90. The van der Waals surface area contributed by atoms with Crippen molar-refractivity contribution in [2.24, 2.45) is 5.92 Å². The van der Waals surface area contributed by atoms with Crippen LogP contribution >= 0.6 is 11.6 Å². The zero-order chi connectivity index (χ0) is 19.9. The van der Waals surface area contributed by atoms with Crippen LogP contribution in [-0.2, 0) is 11.2 Å². The largest absolute Gasteiger partial charge is 0.340 e. The fourth-order valence-electron chi connectivity index (χ4n) is 4.57. The minimum atomic E-state index is 0.370. The maximum Gasteiger partial charge on any atom is 0.222 e. The van der Waals surface area contributed by atoms with Crippen LogP contribution in [0.3, 0.4) is 0 Å². The molecular weight excluding hydrogens is 370 g/mol. The minimum absolute atomic E-state index is 0.370. The third kappa shape index (κ3) is 6.20. The Morgan fingerprint density at radius 3 is 2.32 bits per heavy atom. The molecule has 0 bridgehead atoms. The number of piperazine rings is 1. The number of amides is 1. The molecule has 1 atom stereocenters. The summed E-state index contributed by atoms with van der Waals surface area (Å²) in [7, 11) is 0. The second-order valence-corrected chi connectivity index (χ2v) is 8.95. The minimum Gasteiger partial charge on any atom is -0.340 e. The van der Waals surface area contributed by atoms with Crippen molar-refractivity contribution >= 4 is 17.5 Å². The molecule has 2 heterocycles. The number of halogens is 1. The molecule has 28 heavy (non-hydrogen) atoms. The Bertz CT molecular complexity index is 605. The van der Waals surface area contributed by atoms with Crippen molar-refractivity contribution in [2.75, 3.05) is 45.8 Å². The van der Waals surface area contributed by atoms with Gasteiger partial charge < -0.3 is 14.7 Å². The van der Waals surface area contributed by atoms with Crippen molar-refractivity contribution in [1.82, 2.24) is 14.7 Å². The third-order valence-corrected chi connectivity index (χ3v) is 6.91. The first-order valence-electron chi connectivity index (χ1n) is 11.0. The highest BCUT2D eigenvalue weighted by Crippen LogP contribution is 2.25. The van der Waals surface area contributed by atoms with Crippen LogP contribution in [0.25, 0.3) is 0 Å². The molecule has 1 aromatic rings. The van der Waals surface area contributed by atoms with Crippen LogP contribution in [0.5, 0.6) is 0 Å². The van der Waals surface area contributed by atoms with Gasteiger partial charge in [-0.05, 0) is 75.9 Å². The highest BCUT2D eigenvalue weighted by atomic mass is 35.5. The highest BCUT2D eigenvalue weighted by Gasteiger charge is 2.25. The Balaban J connectivity index is 1.34. The number of piperidine rings is 1. The molecule has 2 fully saturated rings. The Hall–Kier alpha value is -1.10. The van der Waals surface area contributed by atoms with Gasteiger partial charge in [0, 0.05) is 43.7 Å². The molecule has 0 N–H and O–H groups in total. The molecule has 5 heteroatoms.